The molecule has 0 fully saturated rings. The number of hydrogen-bond donors (Lipinski definition) is 0. The smallest absolute Gasteiger partial charge is 0.160 e. The quantitative estimate of drug-likeness (QED) is 0.169. The summed E-state index contributed by atoms with van der Waals surface area (Å²) in [5.74, 6) is 0. The maximum Gasteiger partial charge on any atom is 0.160 e. The number of anilines is 3. The molecular weight excluding hydrogens is 691 g/mol. The highest BCUT2D eigenvalue weighted by molar-refractivity contribution is 6.23. The Morgan fingerprint density at radius 2 is 1.00 bits per heavy atom. The summed E-state index contributed by atoms with van der Waals surface area (Å²) in [6.45, 7) is 4.71. The van der Waals surface area contributed by atoms with Gasteiger partial charge in [-0.25, -0.2) is 0 Å². The van der Waals surface area contributed by atoms with Gasteiger partial charge >= 0.3 is 0 Å². The second kappa shape index (κ2) is 13.0. The lowest BCUT2D eigenvalue weighted by molar-refractivity contribution is 0.660. The molecule has 1 aromatic heterocycles. The molecule has 1 aliphatic rings. The van der Waals surface area contributed by atoms with Crippen LogP contribution in [0.25, 0.3) is 77.2 Å². The summed E-state index contributed by atoms with van der Waals surface area (Å²) in [6, 6.07) is 72.6. The third kappa shape index (κ3) is 5.33. The van der Waals surface area contributed by atoms with Gasteiger partial charge in [-0.3, -0.25) is 0 Å². The molecule has 0 unspecified atom stereocenters. The molecule has 11 rings (SSSR count). The monoisotopic (exact) mass is 729 g/mol. The summed E-state index contributed by atoms with van der Waals surface area (Å²) < 4.78 is 6.94. The van der Waals surface area contributed by atoms with Crippen LogP contribution in [0.4, 0.5) is 17.1 Å². The Labute approximate surface area is 332 Å². The van der Waals surface area contributed by atoms with Crippen LogP contribution in [-0.4, -0.2) is 0 Å². The first-order valence-corrected chi connectivity index (χ1v) is 19.8. The minimum Gasteiger partial charge on any atom is -0.454 e. The van der Waals surface area contributed by atoms with Crippen LogP contribution in [0.3, 0.4) is 0 Å². The average Bonchev–Trinajstić information content (AvgIpc) is 3.77. The molecule has 10 aromatic rings. The molecule has 1 aliphatic carbocycles. The second-order valence-corrected chi connectivity index (χ2v) is 15.7. The van der Waals surface area contributed by atoms with Gasteiger partial charge in [-0.05, 0) is 97.2 Å². The van der Waals surface area contributed by atoms with Crippen molar-refractivity contribution in [3.05, 3.63) is 211 Å². The highest BCUT2D eigenvalue weighted by Gasteiger charge is 2.36. The number of hydrogen-bond acceptors (Lipinski definition) is 2. The van der Waals surface area contributed by atoms with Crippen LogP contribution >= 0.6 is 0 Å². The van der Waals surface area contributed by atoms with Gasteiger partial charge in [-0.15, -0.1) is 0 Å². The standard InChI is InChI=1S/C55H39NO/c1-55(2)48-23-13-11-21-44(48)45-31-30-42(35-49(45)55)56(51-34-41-19-9-10-20-43(41)53-46-22-12-14-24-52(46)57-54(51)53)50-32-29-40(33-47(50)39-17-7-4-8-18-39)38-27-25-37(26-28-38)36-15-5-3-6-16-36/h3-35H,1-2H3. The normalized spacial score (nSPS) is 12.9. The van der Waals surface area contributed by atoms with E-state index in [1.54, 1.807) is 0 Å². The molecule has 0 spiro atoms. The van der Waals surface area contributed by atoms with E-state index in [2.05, 4.69) is 219 Å². The van der Waals surface area contributed by atoms with Gasteiger partial charge in [-0.2, -0.15) is 0 Å². The molecular formula is C55H39NO. The van der Waals surface area contributed by atoms with Gasteiger partial charge in [0.15, 0.2) is 5.58 Å². The van der Waals surface area contributed by atoms with E-state index in [1.807, 2.05) is 0 Å². The summed E-state index contributed by atoms with van der Waals surface area (Å²) in [6.07, 6.45) is 0. The van der Waals surface area contributed by atoms with Crippen molar-refractivity contribution in [1.82, 2.24) is 0 Å². The van der Waals surface area contributed by atoms with Gasteiger partial charge in [0.25, 0.3) is 0 Å². The van der Waals surface area contributed by atoms with E-state index >= 15 is 0 Å². The maximum atomic E-state index is 6.94. The highest BCUT2D eigenvalue weighted by atomic mass is 16.3. The third-order valence-electron chi connectivity index (χ3n) is 12.1. The van der Waals surface area contributed by atoms with Crippen molar-refractivity contribution in [2.24, 2.45) is 0 Å². The molecule has 270 valence electrons. The fraction of sp³-hybridized carbons (Fsp3) is 0.0545. The molecule has 2 heteroatoms. The first kappa shape index (κ1) is 33.2. The zero-order valence-corrected chi connectivity index (χ0v) is 31.9. The Balaban J connectivity index is 1.18. The van der Waals surface area contributed by atoms with Gasteiger partial charge in [-0.1, -0.05) is 178 Å². The van der Waals surface area contributed by atoms with Crippen LogP contribution in [0.5, 0.6) is 0 Å². The molecule has 0 amide bonds. The highest BCUT2D eigenvalue weighted by Crippen LogP contribution is 2.53. The Morgan fingerprint density at radius 1 is 0.404 bits per heavy atom. The summed E-state index contributed by atoms with van der Waals surface area (Å²) in [5, 5.41) is 4.61. The lowest BCUT2D eigenvalue weighted by Crippen LogP contribution is -2.17. The molecule has 0 atom stereocenters. The van der Waals surface area contributed by atoms with E-state index in [9.17, 15) is 0 Å². The van der Waals surface area contributed by atoms with Gasteiger partial charge in [0.2, 0.25) is 0 Å². The van der Waals surface area contributed by atoms with Gasteiger partial charge in [0.05, 0.1) is 11.4 Å². The molecule has 9 aromatic carbocycles. The maximum absolute atomic E-state index is 6.94. The predicted molar refractivity (Wildman–Crippen MR) is 240 cm³/mol. The van der Waals surface area contributed by atoms with Crippen LogP contribution in [0, 0.1) is 0 Å². The molecule has 0 saturated carbocycles. The minimum absolute atomic E-state index is 0.163. The third-order valence-corrected chi connectivity index (χ3v) is 12.1. The summed E-state index contributed by atoms with van der Waals surface area (Å²) in [4.78, 5) is 2.45. The fourth-order valence-electron chi connectivity index (χ4n) is 9.21. The van der Waals surface area contributed by atoms with E-state index < -0.39 is 0 Å². The van der Waals surface area contributed by atoms with Crippen molar-refractivity contribution in [2.75, 3.05) is 4.90 Å². The topological polar surface area (TPSA) is 16.4 Å². The average molecular weight is 730 g/mol. The molecule has 0 N–H and O–H groups in total. The largest absolute Gasteiger partial charge is 0.454 e. The molecule has 2 nitrogen and oxygen atoms in total. The number of para-hydroxylation sites is 1. The van der Waals surface area contributed by atoms with E-state index in [4.69, 9.17) is 4.42 Å². The summed E-state index contributed by atoms with van der Waals surface area (Å²) >= 11 is 0. The zero-order chi connectivity index (χ0) is 38.1. The summed E-state index contributed by atoms with van der Waals surface area (Å²) in [5.41, 5.74) is 17.1. The van der Waals surface area contributed by atoms with Crippen LogP contribution in [0.15, 0.2) is 205 Å². The Hall–Kier alpha value is -7.16. The van der Waals surface area contributed by atoms with E-state index in [-0.39, 0.29) is 5.41 Å². The molecule has 1 heterocycles. The number of fused-ring (bicyclic) bond motifs is 8. The second-order valence-electron chi connectivity index (χ2n) is 15.7. The van der Waals surface area contributed by atoms with Crippen molar-refractivity contribution in [3.8, 4) is 44.5 Å². The fourth-order valence-corrected chi connectivity index (χ4v) is 9.21. The predicted octanol–water partition coefficient (Wildman–Crippen LogP) is 15.5. The van der Waals surface area contributed by atoms with E-state index in [1.165, 1.54) is 49.7 Å². The number of rotatable bonds is 6. The minimum atomic E-state index is -0.163. The van der Waals surface area contributed by atoms with Crippen LogP contribution < -0.4 is 4.90 Å². The van der Waals surface area contributed by atoms with Crippen LogP contribution in [0.1, 0.15) is 25.0 Å². The molecule has 57 heavy (non-hydrogen) atoms. The Morgan fingerprint density at radius 3 is 1.79 bits per heavy atom. The van der Waals surface area contributed by atoms with Crippen molar-refractivity contribution < 1.29 is 4.42 Å². The van der Waals surface area contributed by atoms with Gasteiger partial charge < -0.3 is 9.32 Å². The number of nitrogens with zero attached hydrogens (tertiary/aromatic N) is 1. The van der Waals surface area contributed by atoms with E-state index in [0.717, 1.165) is 55.7 Å². The summed E-state index contributed by atoms with van der Waals surface area (Å²) in [7, 11) is 0. The molecule has 0 aliphatic heterocycles. The van der Waals surface area contributed by atoms with Crippen molar-refractivity contribution in [3.63, 3.8) is 0 Å². The van der Waals surface area contributed by atoms with Crippen molar-refractivity contribution >= 4 is 49.8 Å². The first-order chi connectivity index (χ1) is 28.0. The lowest BCUT2D eigenvalue weighted by atomic mass is 9.82. The first-order valence-electron chi connectivity index (χ1n) is 19.8. The van der Waals surface area contributed by atoms with Gasteiger partial charge in [0.1, 0.15) is 5.58 Å². The van der Waals surface area contributed by atoms with Gasteiger partial charge in [0, 0.05) is 27.4 Å². The zero-order valence-electron chi connectivity index (χ0n) is 31.9. The number of furan rings is 1. The molecule has 0 saturated heterocycles. The van der Waals surface area contributed by atoms with Crippen molar-refractivity contribution in [1.29, 1.82) is 0 Å². The van der Waals surface area contributed by atoms with Crippen LogP contribution in [-0.2, 0) is 5.41 Å². The van der Waals surface area contributed by atoms with E-state index in [0.29, 0.717) is 0 Å². The Kier molecular flexibility index (Phi) is 7.55. The molecule has 0 bridgehead atoms. The van der Waals surface area contributed by atoms with Crippen molar-refractivity contribution in [2.45, 2.75) is 19.3 Å². The molecule has 0 radical (unpaired) electrons. The van der Waals surface area contributed by atoms with Crippen LogP contribution in [0.2, 0.25) is 0 Å². The SMILES string of the molecule is CC1(C)c2ccccc2-c2ccc(N(c3ccc(-c4ccc(-c5ccccc5)cc4)cc3-c3ccccc3)c3cc4ccccc4c4c3oc3ccccc34)cc21. The Bertz CT molecular complexity index is 3140. The lowest BCUT2D eigenvalue weighted by Gasteiger charge is -2.30. The number of benzene rings is 9.